The molecule has 0 unspecified atom stereocenters. The van der Waals surface area contributed by atoms with Crippen molar-refractivity contribution in [2.45, 2.75) is 12.8 Å². The summed E-state index contributed by atoms with van der Waals surface area (Å²) in [5.41, 5.74) is 0.600. The molecule has 1 saturated heterocycles. The zero-order valence-electron chi connectivity index (χ0n) is 12.3. The second-order valence-corrected chi connectivity index (χ2v) is 5.13. The molecule has 1 aliphatic heterocycles. The molecule has 0 radical (unpaired) electrons. The van der Waals surface area contributed by atoms with Crippen LogP contribution in [0.2, 0.25) is 0 Å². The third-order valence-electron chi connectivity index (χ3n) is 3.68. The van der Waals surface area contributed by atoms with Crippen molar-refractivity contribution in [3.63, 3.8) is 0 Å². The van der Waals surface area contributed by atoms with Gasteiger partial charge in [-0.1, -0.05) is 0 Å². The number of esters is 1. The van der Waals surface area contributed by atoms with Crippen LogP contribution >= 0.6 is 0 Å². The molecule has 1 amide bonds. The summed E-state index contributed by atoms with van der Waals surface area (Å²) in [5.74, 6) is 0.525. The Kier molecular flexibility index (Phi) is 4.00. The predicted molar refractivity (Wildman–Crippen MR) is 78.9 cm³/mol. The van der Waals surface area contributed by atoms with E-state index in [1.54, 1.807) is 24.3 Å². The number of ether oxygens (including phenoxy) is 2. The molecule has 1 aromatic heterocycles. The lowest BCUT2D eigenvalue weighted by molar-refractivity contribution is -0.128. The van der Waals surface area contributed by atoms with Crippen molar-refractivity contribution < 1.29 is 23.5 Å². The highest BCUT2D eigenvalue weighted by molar-refractivity contribution is 5.92. The molecule has 0 bridgehead atoms. The SMILES string of the molecule is COC(=O)c1cc2cc(OCCN3CCCC3=O)ccc2o1. The maximum Gasteiger partial charge on any atom is 0.373 e. The maximum atomic E-state index is 11.5. The van der Waals surface area contributed by atoms with E-state index in [1.807, 2.05) is 4.90 Å². The molecular formula is C16H17NO5. The summed E-state index contributed by atoms with van der Waals surface area (Å²) in [7, 11) is 1.31. The standard InChI is InChI=1S/C16H17NO5/c1-20-16(19)14-10-11-9-12(4-5-13(11)22-14)21-8-7-17-6-2-3-15(17)18/h4-5,9-10H,2-3,6-8H2,1H3. The highest BCUT2D eigenvalue weighted by atomic mass is 16.5. The molecule has 0 saturated carbocycles. The molecule has 0 aliphatic carbocycles. The van der Waals surface area contributed by atoms with Gasteiger partial charge in [0, 0.05) is 18.4 Å². The minimum Gasteiger partial charge on any atom is -0.492 e. The number of fused-ring (bicyclic) bond motifs is 1. The van der Waals surface area contributed by atoms with E-state index in [0.717, 1.165) is 18.4 Å². The van der Waals surface area contributed by atoms with Gasteiger partial charge in [0.2, 0.25) is 11.7 Å². The van der Waals surface area contributed by atoms with E-state index in [4.69, 9.17) is 9.15 Å². The Hall–Kier alpha value is -2.50. The Morgan fingerprint density at radius 3 is 2.95 bits per heavy atom. The van der Waals surface area contributed by atoms with Gasteiger partial charge >= 0.3 is 5.97 Å². The number of carbonyl (C=O) groups excluding carboxylic acids is 2. The van der Waals surface area contributed by atoms with Crippen LogP contribution in [0.15, 0.2) is 28.7 Å². The third-order valence-corrected chi connectivity index (χ3v) is 3.68. The summed E-state index contributed by atoms with van der Waals surface area (Å²) >= 11 is 0. The molecule has 0 spiro atoms. The van der Waals surface area contributed by atoms with Gasteiger partial charge in [-0.15, -0.1) is 0 Å². The normalized spacial score (nSPS) is 14.6. The van der Waals surface area contributed by atoms with Gasteiger partial charge in [-0.25, -0.2) is 4.79 Å². The zero-order valence-corrected chi connectivity index (χ0v) is 12.3. The van der Waals surface area contributed by atoms with E-state index in [2.05, 4.69) is 4.74 Å². The van der Waals surface area contributed by atoms with Gasteiger partial charge in [-0.2, -0.15) is 0 Å². The van der Waals surface area contributed by atoms with Gasteiger partial charge in [0.1, 0.15) is 17.9 Å². The molecule has 1 fully saturated rings. The molecule has 116 valence electrons. The fourth-order valence-corrected chi connectivity index (χ4v) is 2.53. The summed E-state index contributed by atoms with van der Waals surface area (Å²) in [4.78, 5) is 24.7. The minimum atomic E-state index is -0.508. The van der Waals surface area contributed by atoms with Gasteiger partial charge in [-0.3, -0.25) is 4.79 Å². The molecule has 22 heavy (non-hydrogen) atoms. The number of likely N-dealkylation sites (tertiary alicyclic amines) is 1. The van der Waals surface area contributed by atoms with Gasteiger partial charge in [0.25, 0.3) is 0 Å². The van der Waals surface area contributed by atoms with Crippen LogP contribution in [0, 0.1) is 0 Å². The summed E-state index contributed by atoms with van der Waals surface area (Å²) in [6, 6.07) is 6.95. The zero-order chi connectivity index (χ0) is 15.5. The smallest absolute Gasteiger partial charge is 0.373 e. The van der Waals surface area contributed by atoms with Gasteiger partial charge in [0.15, 0.2) is 0 Å². The topological polar surface area (TPSA) is 69.0 Å². The maximum absolute atomic E-state index is 11.5. The summed E-state index contributed by atoms with van der Waals surface area (Å²) < 4.78 is 15.7. The van der Waals surface area contributed by atoms with E-state index in [0.29, 0.717) is 30.9 Å². The fourth-order valence-electron chi connectivity index (χ4n) is 2.53. The molecule has 1 aromatic carbocycles. The second-order valence-electron chi connectivity index (χ2n) is 5.13. The Balaban J connectivity index is 1.64. The molecule has 2 aromatic rings. The lowest BCUT2D eigenvalue weighted by atomic mass is 10.2. The Labute approximate surface area is 127 Å². The molecule has 6 heteroatoms. The fraction of sp³-hybridized carbons (Fsp3) is 0.375. The van der Waals surface area contributed by atoms with E-state index >= 15 is 0 Å². The van der Waals surface area contributed by atoms with E-state index in [1.165, 1.54) is 7.11 Å². The van der Waals surface area contributed by atoms with Crippen molar-refractivity contribution in [3.8, 4) is 5.75 Å². The van der Waals surface area contributed by atoms with Crippen LogP contribution in [-0.4, -0.2) is 43.6 Å². The van der Waals surface area contributed by atoms with Crippen LogP contribution in [-0.2, 0) is 9.53 Å². The molecule has 1 aliphatic rings. The molecule has 2 heterocycles. The van der Waals surface area contributed by atoms with Crippen molar-refractivity contribution >= 4 is 22.8 Å². The van der Waals surface area contributed by atoms with Crippen LogP contribution in [0.4, 0.5) is 0 Å². The Morgan fingerprint density at radius 1 is 1.36 bits per heavy atom. The summed E-state index contributed by atoms with van der Waals surface area (Å²) in [6.07, 6.45) is 1.56. The lowest BCUT2D eigenvalue weighted by Crippen LogP contribution is -2.29. The second kappa shape index (κ2) is 6.09. The highest BCUT2D eigenvalue weighted by Gasteiger charge is 2.19. The molecule has 6 nitrogen and oxygen atoms in total. The quantitative estimate of drug-likeness (QED) is 0.792. The molecule has 0 N–H and O–H groups in total. The van der Waals surface area contributed by atoms with Crippen molar-refractivity contribution in [2.24, 2.45) is 0 Å². The first-order valence-electron chi connectivity index (χ1n) is 7.20. The van der Waals surface area contributed by atoms with Crippen molar-refractivity contribution in [3.05, 3.63) is 30.0 Å². The predicted octanol–water partition coefficient (Wildman–Crippen LogP) is 2.22. The van der Waals surface area contributed by atoms with E-state index in [9.17, 15) is 9.59 Å². The van der Waals surface area contributed by atoms with Crippen molar-refractivity contribution in [1.82, 2.24) is 4.90 Å². The van der Waals surface area contributed by atoms with E-state index < -0.39 is 5.97 Å². The largest absolute Gasteiger partial charge is 0.492 e. The summed E-state index contributed by atoms with van der Waals surface area (Å²) in [6.45, 7) is 1.85. The number of carbonyl (C=O) groups is 2. The Bertz CT molecular complexity index is 706. The number of amides is 1. The van der Waals surface area contributed by atoms with Crippen molar-refractivity contribution in [1.29, 1.82) is 0 Å². The third kappa shape index (κ3) is 2.90. The molecule has 0 atom stereocenters. The van der Waals surface area contributed by atoms with Gasteiger partial charge in [-0.05, 0) is 30.7 Å². The lowest BCUT2D eigenvalue weighted by Gasteiger charge is -2.15. The number of furan rings is 1. The average molecular weight is 303 g/mol. The number of nitrogens with zero attached hydrogens (tertiary/aromatic N) is 1. The highest BCUT2D eigenvalue weighted by Crippen LogP contribution is 2.24. The van der Waals surface area contributed by atoms with Crippen LogP contribution in [0.5, 0.6) is 5.75 Å². The summed E-state index contributed by atoms with van der Waals surface area (Å²) in [5, 5.41) is 0.773. The van der Waals surface area contributed by atoms with Gasteiger partial charge < -0.3 is 18.8 Å². The van der Waals surface area contributed by atoms with Crippen LogP contribution in [0.3, 0.4) is 0 Å². The minimum absolute atomic E-state index is 0.164. The van der Waals surface area contributed by atoms with Gasteiger partial charge in [0.05, 0.1) is 13.7 Å². The molecular weight excluding hydrogens is 286 g/mol. The van der Waals surface area contributed by atoms with Crippen LogP contribution in [0.1, 0.15) is 23.4 Å². The number of methoxy groups -OCH3 is 1. The first kappa shape index (κ1) is 14.4. The number of hydrogen-bond acceptors (Lipinski definition) is 5. The van der Waals surface area contributed by atoms with Crippen LogP contribution in [0.25, 0.3) is 11.0 Å². The Morgan fingerprint density at radius 2 is 2.23 bits per heavy atom. The monoisotopic (exact) mass is 303 g/mol. The van der Waals surface area contributed by atoms with Crippen molar-refractivity contribution in [2.75, 3.05) is 26.8 Å². The van der Waals surface area contributed by atoms with E-state index in [-0.39, 0.29) is 11.7 Å². The average Bonchev–Trinajstić information content (AvgIpc) is 3.12. The number of benzene rings is 1. The first-order valence-corrected chi connectivity index (χ1v) is 7.20. The number of rotatable bonds is 5. The number of hydrogen-bond donors (Lipinski definition) is 0. The molecule has 3 rings (SSSR count). The van der Waals surface area contributed by atoms with Crippen LogP contribution < -0.4 is 4.74 Å². The first-order chi connectivity index (χ1) is 10.7.